The van der Waals surface area contributed by atoms with Gasteiger partial charge in [-0.05, 0) is 39.2 Å². The van der Waals surface area contributed by atoms with E-state index in [1.807, 2.05) is 0 Å². The van der Waals surface area contributed by atoms with E-state index in [9.17, 15) is 9.59 Å². The number of carbonyl (C=O) groups excluding carboxylic acids is 2. The fourth-order valence-electron chi connectivity index (χ4n) is 2.67. The molecule has 0 spiro atoms. The monoisotopic (exact) mass is 291 g/mol. The smallest absolute Gasteiger partial charge is 0.323 e. The Morgan fingerprint density at radius 3 is 2.29 bits per heavy atom. The molecule has 0 aliphatic heterocycles. The lowest BCUT2D eigenvalue weighted by Gasteiger charge is -2.24. The molecule has 0 amide bonds. The summed E-state index contributed by atoms with van der Waals surface area (Å²) >= 11 is 0. The second-order valence-electron chi connectivity index (χ2n) is 5.01. The zero-order valence-corrected chi connectivity index (χ0v) is 12.8. The van der Waals surface area contributed by atoms with Crippen LogP contribution in [0.15, 0.2) is 23.8 Å². The van der Waals surface area contributed by atoms with Crippen LogP contribution in [0.25, 0.3) is 0 Å². The van der Waals surface area contributed by atoms with Gasteiger partial charge in [-0.25, -0.2) is 0 Å². The second-order valence-corrected chi connectivity index (χ2v) is 5.01. The van der Waals surface area contributed by atoms with E-state index in [4.69, 9.17) is 14.7 Å². The predicted octanol–water partition coefficient (Wildman–Crippen LogP) is 2.54. The van der Waals surface area contributed by atoms with Gasteiger partial charge in [0, 0.05) is 11.5 Å². The molecule has 0 bridgehead atoms. The van der Waals surface area contributed by atoms with Crippen LogP contribution in [-0.2, 0) is 19.1 Å². The highest BCUT2D eigenvalue weighted by molar-refractivity contribution is 6.01. The van der Waals surface area contributed by atoms with Crippen molar-refractivity contribution < 1.29 is 19.1 Å². The Morgan fingerprint density at radius 2 is 1.90 bits per heavy atom. The third kappa shape index (κ3) is 3.15. The van der Waals surface area contributed by atoms with Crippen LogP contribution in [0.3, 0.4) is 0 Å². The van der Waals surface area contributed by atoms with Gasteiger partial charge in [0.1, 0.15) is 0 Å². The fourth-order valence-corrected chi connectivity index (χ4v) is 2.67. The van der Waals surface area contributed by atoms with Gasteiger partial charge in [-0.1, -0.05) is 6.08 Å². The van der Waals surface area contributed by atoms with Gasteiger partial charge in [0.05, 0.1) is 19.3 Å². The van der Waals surface area contributed by atoms with E-state index < -0.39 is 17.4 Å². The number of allylic oxidation sites excluding steroid dienone is 3. The molecule has 0 saturated heterocycles. The first-order valence-corrected chi connectivity index (χ1v) is 7.03. The van der Waals surface area contributed by atoms with Crippen LogP contribution in [0.5, 0.6) is 0 Å². The molecule has 1 atom stereocenters. The molecule has 5 nitrogen and oxygen atoms in total. The number of nitrogens with zero attached hydrogens (tertiary/aromatic N) is 1. The van der Waals surface area contributed by atoms with E-state index in [1.54, 1.807) is 26.8 Å². The van der Waals surface area contributed by atoms with Crippen molar-refractivity contribution in [2.75, 3.05) is 13.2 Å². The van der Waals surface area contributed by atoms with Crippen molar-refractivity contribution in [3.63, 3.8) is 0 Å². The largest absolute Gasteiger partial charge is 0.465 e. The van der Waals surface area contributed by atoms with Crippen LogP contribution in [0.1, 0.15) is 33.6 Å². The Kier molecular flexibility index (Phi) is 5.71. The SMILES string of the molecule is C=CC1CC(C(=O)OCC)(C(=O)OCC)C/C1=C(\C)C#N. The number of ether oxygens (including phenoxy) is 2. The van der Waals surface area contributed by atoms with Crippen LogP contribution in [0.2, 0.25) is 0 Å². The Balaban J connectivity index is 3.29. The molecule has 5 heteroatoms. The summed E-state index contributed by atoms with van der Waals surface area (Å²) in [6.07, 6.45) is 2.06. The molecule has 0 radical (unpaired) electrons. The van der Waals surface area contributed by atoms with Gasteiger partial charge in [-0.2, -0.15) is 5.26 Å². The van der Waals surface area contributed by atoms with E-state index in [1.165, 1.54) is 0 Å². The average molecular weight is 291 g/mol. The molecule has 1 rings (SSSR count). The van der Waals surface area contributed by atoms with Crippen molar-refractivity contribution in [2.24, 2.45) is 11.3 Å². The van der Waals surface area contributed by atoms with Crippen molar-refractivity contribution in [1.29, 1.82) is 5.26 Å². The lowest BCUT2D eigenvalue weighted by atomic mass is 9.85. The highest BCUT2D eigenvalue weighted by atomic mass is 16.6. The van der Waals surface area contributed by atoms with Crippen LogP contribution in [0.4, 0.5) is 0 Å². The zero-order chi connectivity index (χ0) is 16.0. The van der Waals surface area contributed by atoms with Gasteiger partial charge >= 0.3 is 11.9 Å². The Hall–Kier alpha value is -2.09. The molecule has 1 unspecified atom stereocenters. The number of carbonyl (C=O) groups is 2. The van der Waals surface area contributed by atoms with Crippen LogP contribution in [0, 0.1) is 22.7 Å². The number of esters is 2. The lowest BCUT2D eigenvalue weighted by Crippen LogP contribution is -2.40. The molecule has 0 aromatic carbocycles. The van der Waals surface area contributed by atoms with Crippen molar-refractivity contribution >= 4 is 11.9 Å². The number of hydrogen-bond donors (Lipinski definition) is 0. The minimum absolute atomic E-state index is 0.154. The number of hydrogen-bond acceptors (Lipinski definition) is 5. The summed E-state index contributed by atoms with van der Waals surface area (Å²) in [5.74, 6) is -1.37. The first-order valence-electron chi connectivity index (χ1n) is 7.03. The fraction of sp³-hybridized carbons (Fsp3) is 0.562. The summed E-state index contributed by atoms with van der Waals surface area (Å²) in [6, 6.07) is 2.08. The second kappa shape index (κ2) is 7.07. The Morgan fingerprint density at radius 1 is 1.38 bits per heavy atom. The highest BCUT2D eigenvalue weighted by Gasteiger charge is 2.55. The molecule has 1 aliphatic carbocycles. The van der Waals surface area contributed by atoms with Gasteiger partial charge in [0.15, 0.2) is 5.41 Å². The van der Waals surface area contributed by atoms with Gasteiger partial charge in [-0.3, -0.25) is 9.59 Å². The minimum Gasteiger partial charge on any atom is -0.465 e. The first kappa shape index (κ1) is 17.0. The molecule has 1 aliphatic rings. The molecule has 0 heterocycles. The third-order valence-corrected chi connectivity index (χ3v) is 3.77. The Labute approximate surface area is 125 Å². The molecule has 114 valence electrons. The summed E-state index contributed by atoms with van der Waals surface area (Å²) in [5.41, 5.74) is -0.0952. The lowest BCUT2D eigenvalue weighted by molar-refractivity contribution is -0.171. The van der Waals surface area contributed by atoms with Gasteiger partial charge in [-0.15, -0.1) is 6.58 Å². The molecule has 21 heavy (non-hydrogen) atoms. The van der Waals surface area contributed by atoms with Gasteiger partial charge in [0.2, 0.25) is 0 Å². The standard InChI is InChI=1S/C16H21NO4/c1-5-12-8-16(14(18)20-6-2,15(19)21-7-3)9-13(12)11(4)10-17/h5,12H,1,6-9H2,2-4H3/b13-11-. The van der Waals surface area contributed by atoms with Crippen molar-refractivity contribution in [3.8, 4) is 6.07 Å². The summed E-state index contributed by atoms with van der Waals surface area (Å²) < 4.78 is 10.1. The quantitative estimate of drug-likeness (QED) is 0.337. The molecule has 0 aromatic rings. The highest BCUT2D eigenvalue weighted by Crippen LogP contribution is 2.48. The predicted molar refractivity (Wildman–Crippen MR) is 76.9 cm³/mol. The average Bonchev–Trinajstić information content (AvgIpc) is 2.88. The number of rotatable bonds is 5. The topological polar surface area (TPSA) is 76.4 Å². The minimum atomic E-state index is -1.36. The number of nitriles is 1. The van der Waals surface area contributed by atoms with Crippen molar-refractivity contribution in [2.45, 2.75) is 33.6 Å². The van der Waals surface area contributed by atoms with Gasteiger partial charge < -0.3 is 9.47 Å². The van der Waals surface area contributed by atoms with Crippen LogP contribution >= 0.6 is 0 Å². The summed E-state index contributed by atoms with van der Waals surface area (Å²) in [5, 5.41) is 9.09. The molecule has 1 saturated carbocycles. The van der Waals surface area contributed by atoms with E-state index in [0.29, 0.717) is 5.57 Å². The summed E-state index contributed by atoms with van der Waals surface area (Å²) in [6.45, 7) is 9.17. The third-order valence-electron chi connectivity index (χ3n) is 3.77. The maximum Gasteiger partial charge on any atom is 0.323 e. The normalized spacial score (nSPS) is 22.1. The first-order chi connectivity index (χ1) is 9.96. The van der Waals surface area contributed by atoms with E-state index in [2.05, 4.69) is 12.6 Å². The molecule has 1 fully saturated rings. The van der Waals surface area contributed by atoms with Crippen molar-refractivity contribution in [1.82, 2.24) is 0 Å². The molecule has 0 N–H and O–H groups in total. The molecule has 0 aromatic heterocycles. The van der Waals surface area contributed by atoms with E-state index in [0.717, 1.165) is 5.57 Å². The molecular formula is C16H21NO4. The summed E-state index contributed by atoms with van der Waals surface area (Å²) in [4.78, 5) is 24.7. The Bertz CT molecular complexity index is 495. The van der Waals surface area contributed by atoms with Crippen molar-refractivity contribution in [3.05, 3.63) is 23.8 Å². The van der Waals surface area contributed by atoms with E-state index >= 15 is 0 Å². The maximum atomic E-state index is 12.3. The van der Waals surface area contributed by atoms with Gasteiger partial charge in [0.25, 0.3) is 0 Å². The molecular weight excluding hydrogens is 270 g/mol. The van der Waals surface area contributed by atoms with Crippen LogP contribution in [-0.4, -0.2) is 25.2 Å². The van der Waals surface area contributed by atoms with E-state index in [-0.39, 0.29) is 32.0 Å². The maximum absolute atomic E-state index is 12.3. The summed E-state index contributed by atoms with van der Waals surface area (Å²) in [7, 11) is 0. The van der Waals surface area contributed by atoms with Crippen LogP contribution < -0.4 is 0 Å². The zero-order valence-electron chi connectivity index (χ0n) is 12.8.